The number of carboxylic acid groups (broad SMARTS) is 1. The van der Waals surface area contributed by atoms with Crippen molar-refractivity contribution in [1.82, 2.24) is 10.2 Å². The number of halogens is 1. The Morgan fingerprint density at radius 3 is 2.31 bits per heavy atom. The maximum Gasteiger partial charge on any atom is 0.326 e. The van der Waals surface area contributed by atoms with E-state index in [-0.39, 0.29) is 37.9 Å². The molecule has 3 atom stereocenters. The number of hydrogen-bond acceptors (Lipinski definition) is 6. The van der Waals surface area contributed by atoms with Gasteiger partial charge < -0.3 is 14.7 Å². The summed E-state index contributed by atoms with van der Waals surface area (Å²) in [5.74, 6) is -1.80. The molecule has 2 aromatic carbocycles. The number of amides is 1. The number of fused-ring (bicyclic) bond motifs is 1. The van der Waals surface area contributed by atoms with Gasteiger partial charge in [-0.2, -0.15) is 5.26 Å². The molecule has 9 heteroatoms. The smallest absolute Gasteiger partial charge is 0.326 e. The number of nitrogens with one attached hydrogen (secondary N) is 1. The summed E-state index contributed by atoms with van der Waals surface area (Å²) in [6, 6.07) is 16.7. The molecule has 1 heterocycles. The second-order valence-electron chi connectivity index (χ2n) is 8.23. The highest BCUT2D eigenvalue weighted by Crippen LogP contribution is 2.24. The predicted molar refractivity (Wildman–Crippen MR) is 138 cm³/mol. The summed E-state index contributed by atoms with van der Waals surface area (Å²) in [6.45, 7) is 5.31. The van der Waals surface area contributed by atoms with E-state index >= 15 is 0 Å². The fourth-order valence-corrected chi connectivity index (χ4v) is 4.06. The molecular weight excluding hydrogens is 482 g/mol. The molecule has 0 bridgehead atoms. The molecule has 8 nitrogen and oxygen atoms in total. The average molecular weight is 516 g/mol. The van der Waals surface area contributed by atoms with E-state index in [1.807, 2.05) is 54.6 Å². The molecule has 1 aliphatic rings. The van der Waals surface area contributed by atoms with Crippen LogP contribution in [0.4, 0.5) is 0 Å². The Morgan fingerprint density at radius 1 is 1.14 bits per heavy atom. The first-order valence-corrected chi connectivity index (χ1v) is 11.7. The normalized spacial score (nSPS) is 15.5. The Labute approximate surface area is 218 Å². The van der Waals surface area contributed by atoms with Gasteiger partial charge in [-0.3, -0.25) is 14.9 Å². The van der Waals surface area contributed by atoms with Gasteiger partial charge in [0, 0.05) is 19.9 Å². The van der Waals surface area contributed by atoms with E-state index in [0.29, 0.717) is 12.8 Å². The minimum Gasteiger partial charge on any atom is -0.480 e. The number of esters is 1. The number of rotatable bonds is 9. The van der Waals surface area contributed by atoms with Crippen molar-refractivity contribution in [3.05, 3.63) is 71.3 Å². The van der Waals surface area contributed by atoms with Crippen LogP contribution >= 0.6 is 12.4 Å². The van der Waals surface area contributed by atoms with Crippen molar-refractivity contribution in [2.45, 2.75) is 64.7 Å². The van der Waals surface area contributed by atoms with Crippen molar-refractivity contribution in [3.8, 4) is 6.07 Å². The SMILES string of the molecule is CC#N.CCOC(=O)[C@H](CCc1ccccc1)N[C@@H](C)C(=O)N1Cc2ccccc2C[C@H]1C(=O)O.Cl. The molecule has 194 valence electrons. The van der Waals surface area contributed by atoms with E-state index in [2.05, 4.69) is 5.32 Å². The van der Waals surface area contributed by atoms with Crippen LogP contribution in [0.1, 0.15) is 43.9 Å². The molecule has 3 rings (SSSR count). The van der Waals surface area contributed by atoms with Crippen molar-refractivity contribution in [2.75, 3.05) is 6.61 Å². The number of ether oxygens (including phenoxy) is 1. The highest BCUT2D eigenvalue weighted by molar-refractivity contribution is 5.88. The summed E-state index contributed by atoms with van der Waals surface area (Å²) in [7, 11) is 0. The Bertz CT molecular complexity index is 1040. The molecule has 0 aliphatic carbocycles. The Hall–Kier alpha value is -3.41. The van der Waals surface area contributed by atoms with E-state index in [9.17, 15) is 19.5 Å². The van der Waals surface area contributed by atoms with Gasteiger partial charge >= 0.3 is 11.9 Å². The molecular formula is C27H34ClN3O5. The fraction of sp³-hybridized carbons (Fsp3) is 0.407. The topological polar surface area (TPSA) is 120 Å². The molecule has 2 aromatic rings. The summed E-state index contributed by atoms with van der Waals surface area (Å²) in [6.07, 6.45) is 1.37. The van der Waals surface area contributed by atoms with Crippen LogP contribution in [0.3, 0.4) is 0 Å². The first-order valence-electron chi connectivity index (χ1n) is 11.7. The van der Waals surface area contributed by atoms with Gasteiger partial charge in [-0.15, -0.1) is 12.4 Å². The van der Waals surface area contributed by atoms with Gasteiger partial charge in [0.1, 0.15) is 12.1 Å². The molecule has 0 unspecified atom stereocenters. The van der Waals surface area contributed by atoms with Gasteiger partial charge in [0.05, 0.1) is 18.7 Å². The lowest BCUT2D eigenvalue weighted by molar-refractivity contribution is -0.153. The standard InChI is InChI=1S/C25H30N2O5.C2H3N.ClH/c1-3-32-25(31)21(14-13-18-9-5-4-6-10-18)26-17(2)23(28)27-16-20-12-8-7-11-19(20)15-22(27)24(29)30;1-2-3;/h4-12,17,21-22,26H,3,13-16H2,1-2H3,(H,29,30);1H3;1H/t17-,21-,22-;;/m0../s1. The lowest BCUT2D eigenvalue weighted by atomic mass is 9.93. The van der Waals surface area contributed by atoms with Crippen LogP contribution in [0.5, 0.6) is 0 Å². The monoisotopic (exact) mass is 515 g/mol. The van der Waals surface area contributed by atoms with Crippen LogP contribution in [-0.2, 0) is 38.5 Å². The molecule has 0 spiro atoms. The van der Waals surface area contributed by atoms with Gasteiger partial charge in [-0.1, -0.05) is 54.6 Å². The van der Waals surface area contributed by atoms with Gasteiger partial charge in [0.15, 0.2) is 0 Å². The van der Waals surface area contributed by atoms with Gasteiger partial charge in [-0.05, 0) is 43.4 Å². The highest BCUT2D eigenvalue weighted by atomic mass is 35.5. The number of benzene rings is 2. The molecule has 36 heavy (non-hydrogen) atoms. The van der Waals surface area contributed by atoms with E-state index in [0.717, 1.165) is 16.7 Å². The van der Waals surface area contributed by atoms with Crippen LogP contribution < -0.4 is 5.32 Å². The average Bonchev–Trinajstić information content (AvgIpc) is 2.86. The predicted octanol–water partition coefficient (Wildman–Crippen LogP) is 3.52. The van der Waals surface area contributed by atoms with Crippen molar-refractivity contribution < 1.29 is 24.2 Å². The summed E-state index contributed by atoms with van der Waals surface area (Å²) in [4.78, 5) is 39.1. The lowest BCUT2D eigenvalue weighted by Crippen LogP contribution is -2.56. The van der Waals surface area contributed by atoms with Crippen LogP contribution in [0.25, 0.3) is 0 Å². The molecule has 1 amide bonds. The largest absolute Gasteiger partial charge is 0.480 e. The van der Waals surface area contributed by atoms with Crippen LogP contribution in [0.15, 0.2) is 54.6 Å². The zero-order valence-electron chi connectivity index (χ0n) is 20.8. The zero-order chi connectivity index (χ0) is 25.8. The maximum absolute atomic E-state index is 13.3. The van der Waals surface area contributed by atoms with Crippen molar-refractivity contribution >= 4 is 30.3 Å². The minimum absolute atomic E-state index is 0. The van der Waals surface area contributed by atoms with Gasteiger partial charge in [0.25, 0.3) is 0 Å². The minimum atomic E-state index is -1.04. The quantitative estimate of drug-likeness (QED) is 0.490. The second kappa shape index (κ2) is 15.6. The number of aryl methyl sites for hydroxylation is 1. The van der Waals surface area contributed by atoms with E-state index in [4.69, 9.17) is 10.00 Å². The number of carboxylic acids is 1. The summed E-state index contributed by atoms with van der Waals surface area (Å²) in [5.41, 5.74) is 2.97. The number of aliphatic carboxylic acids is 1. The maximum atomic E-state index is 13.3. The number of nitriles is 1. The van der Waals surface area contributed by atoms with Crippen LogP contribution in [0.2, 0.25) is 0 Å². The zero-order valence-corrected chi connectivity index (χ0v) is 21.7. The first kappa shape index (κ1) is 30.6. The Kier molecular flexibility index (Phi) is 13.2. The van der Waals surface area contributed by atoms with Gasteiger partial charge in [-0.25, -0.2) is 4.79 Å². The number of hydrogen-bond donors (Lipinski definition) is 2. The molecule has 2 N–H and O–H groups in total. The molecule has 0 radical (unpaired) electrons. The number of carbonyl (C=O) groups excluding carboxylic acids is 2. The second-order valence-corrected chi connectivity index (χ2v) is 8.23. The van der Waals surface area contributed by atoms with E-state index in [1.54, 1.807) is 19.9 Å². The third-order valence-corrected chi connectivity index (χ3v) is 5.77. The lowest BCUT2D eigenvalue weighted by Gasteiger charge is -2.36. The number of carbonyl (C=O) groups is 3. The fourth-order valence-electron chi connectivity index (χ4n) is 4.06. The van der Waals surface area contributed by atoms with Crippen molar-refractivity contribution in [3.63, 3.8) is 0 Å². The summed E-state index contributed by atoms with van der Waals surface area (Å²) < 4.78 is 5.20. The third-order valence-electron chi connectivity index (χ3n) is 5.77. The van der Waals surface area contributed by atoms with Gasteiger partial charge in [0.2, 0.25) is 5.91 Å². The van der Waals surface area contributed by atoms with Crippen molar-refractivity contribution in [1.29, 1.82) is 5.26 Å². The van der Waals surface area contributed by atoms with E-state index in [1.165, 1.54) is 11.8 Å². The molecule has 0 saturated carbocycles. The summed E-state index contributed by atoms with van der Waals surface area (Å²) >= 11 is 0. The number of nitrogens with zero attached hydrogens (tertiary/aromatic N) is 2. The van der Waals surface area contributed by atoms with E-state index < -0.39 is 30.1 Å². The molecule has 0 aromatic heterocycles. The molecule has 1 aliphatic heterocycles. The third kappa shape index (κ3) is 8.67. The Morgan fingerprint density at radius 2 is 1.72 bits per heavy atom. The van der Waals surface area contributed by atoms with Crippen LogP contribution in [-0.4, -0.2) is 52.6 Å². The highest BCUT2D eigenvalue weighted by Gasteiger charge is 2.37. The first-order chi connectivity index (χ1) is 16.8. The van der Waals surface area contributed by atoms with Crippen LogP contribution in [0, 0.1) is 11.3 Å². The molecule has 0 fully saturated rings. The molecule has 0 saturated heterocycles. The summed E-state index contributed by atoms with van der Waals surface area (Å²) in [5, 5.41) is 20.1. The van der Waals surface area contributed by atoms with Crippen molar-refractivity contribution in [2.24, 2.45) is 0 Å². The Balaban J connectivity index is 0.00000154.